The number of pyridine rings is 1. The highest BCUT2D eigenvalue weighted by atomic mass is 35.5. The van der Waals surface area contributed by atoms with Crippen LogP contribution in [-0.2, 0) is 22.5 Å². The monoisotopic (exact) mass is 737 g/mol. The molecular formula is C38H38Cl2FN3O7. The van der Waals surface area contributed by atoms with Crippen molar-refractivity contribution in [2.45, 2.75) is 43.9 Å². The van der Waals surface area contributed by atoms with Gasteiger partial charge in [0.25, 0.3) is 0 Å². The predicted molar refractivity (Wildman–Crippen MR) is 189 cm³/mol. The van der Waals surface area contributed by atoms with Crippen molar-refractivity contribution in [3.63, 3.8) is 0 Å². The maximum atomic E-state index is 14.5. The van der Waals surface area contributed by atoms with E-state index in [1.54, 1.807) is 36.4 Å². The smallest absolute Gasteiger partial charge is 0.335 e. The lowest BCUT2D eigenvalue weighted by atomic mass is 9.80. The zero-order valence-corrected chi connectivity index (χ0v) is 29.6. The lowest BCUT2D eigenvalue weighted by Crippen LogP contribution is -2.52. The van der Waals surface area contributed by atoms with Crippen molar-refractivity contribution in [2.75, 3.05) is 33.9 Å². The van der Waals surface area contributed by atoms with Crippen LogP contribution in [0.3, 0.4) is 0 Å². The molecule has 0 spiro atoms. The second-order valence-corrected chi connectivity index (χ2v) is 13.6. The number of carboxylic acids is 1. The number of nitrogens with one attached hydrogen (secondary N) is 1. The zero-order valence-electron chi connectivity index (χ0n) is 28.1. The van der Waals surface area contributed by atoms with Crippen LogP contribution in [0.2, 0.25) is 10.0 Å². The molecule has 0 aliphatic carbocycles. The van der Waals surface area contributed by atoms with Crippen LogP contribution in [0.4, 0.5) is 4.39 Å². The van der Waals surface area contributed by atoms with Gasteiger partial charge in [0.2, 0.25) is 0 Å². The lowest BCUT2D eigenvalue weighted by molar-refractivity contribution is -0.605. The summed E-state index contributed by atoms with van der Waals surface area (Å²) in [5.41, 5.74) is 2.43. The number of carbonyl (C=O) groups is 2. The first kappa shape index (κ1) is 36.4. The highest BCUT2D eigenvalue weighted by Gasteiger charge is 2.38. The van der Waals surface area contributed by atoms with Crippen LogP contribution in [-0.4, -0.2) is 61.9 Å². The number of piperidine rings is 3. The Balaban J connectivity index is 1.41. The first-order chi connectivity index (χ1) is 24.6. The minimum Gasteiger partial charge on any atom is -0.619 e. The van der Waals surface area contributed by atoms with Crippen molar-refractivity contribution in [3.8, 4) is 11.5 Å². The fraction of sp³-hybridized carbons (Fsp3) is 0.342. The van der Waals surface area contributed by atoms with E-state index in [-0.39, 0.29) is 40.6 Å². The molecule has 3 fully saturated rings. The summed E-state index contributed by atoms with van der Waals surface area (Å²) in [7, 11) is 3.01. The molecule has 13 heteroatoms. The quantitative estimate of drug-likeness (QED) is 0.0921. The Bertz CT molecular complexity index is 1900. The Hall–Kier alpha value is -4.42. The molecular weight excluding hydrogens is 700 g/mol. The number of benzene rings is 3. The fourth-order valence-electron chi connectivity index (χ4n) is 7.25. The number of halogens is 3. The second kappa shape index (κ2) is 15.9. The van der Waals surface area contributed by atoms with Gasteiger partial charge in [0.15, 0.2) is 23.9 Å². The number of carbonyl (C=O) groups excluding carboxylic acids is 1. The van der Waals surface area contributed by atoms with Crippen molar-refractivity contribution >= 4 is 35.1 Å². The van der Waals surface area contributed by atoms with Crippen LogP contribution in [0, 0.1) is 16.9 Å². The first-order valence-corrected chi connectivity index (χ1v) is 17.4. The number of rotatable bonds is 13. The van der Waals surface area contributed by atoms with Gasteiger partial charge in [0.1, 0.15) is 28.0 Å². The maximum absolute atomic E-state index is 14.5. The van der Waals surface area contributed by atoms with Gasteiger partial charge >= 0.3 is 11.9 Å². The van der Waals surface area contributed by atoms with E-state index in [2.05, 4.69) is 10.2 Å². The minimum atomic E-state index is -1.18. The van der Waals surface area contributed by atoms with Gasteiger partial charge in [-0.05, 0) is 90.9 Å². The summed E-state index contributed by atoms with van der Waals surface area (Å²) in [5, 5.41) is 26.1. The van der Waals surface area contributed by atoms with Gasteiger partial charge in [-0.2, -0.15) is 4.73 Å². The predicted octanol–water partition coefficient (Wildman–Crippen LogP) is 6.32. The molecule has 0 radical (unpaired) electrons. The third-order valence-corrected chi connectivity index (χ3v) is 10.5. The van der Waals surface area contributed by atoms with Crippen LogP contribution < -0.4 is 19.5 Å². The standard InChI is InChI=1S/C38H38Cl2FN3O7/c1-49-32-10-9-23(16-33(32)50-2)28(17-29-30(39)19-44(48)20-31(29)40)35-25(6-4-8-27(35)37(45)46)18-42-36(24-5-3-7-26(41)15-24)38(47)51-34-21-43-13-11-22(34)12-14-43/h3-10,15-16,19-20,22,28,34,36,42H,11-14,17-18,21H2,1-2H3,(H,45,46)/t28?,34-,36?/m0/s1. The second-order valence-electron chi connectivity index (χ2n) is 12.8. The highest BCUT2D eigenvalue weighted by Crippen LogP contribution is 2.40. The molecule has 2 bridgehead atoms. The Morgan fingerprint density at radius 2 is 1.71 bits per heavy atom. The van der Waals surface area contributed by atoms with Gasteiger partial charge in [-0.1, -0.05) is 53.5 Å². The Morgan fingerprint density at radius 3 is 2.33 bits per heavy atom. The van der Waals surface area contributed by atoms with Gasteiger partial charge in [0.05, 0.1) is 19.8 Å². The Morgan fingerprint density at radius 1 is 1.00 bits per heavy atom. The normalized spacial score (nSPS) is 19.3. The SMILES string of the molecule is COc1ccc(C(Cc2c(Cl)c[n+]([O-])cc2Cl)c2c(CNC(C(=O)O[C@H]3CN4CCC3CC4)c3cccc(F)c3)cccc2C(=O)O)cc1OC. The van der Waals surface area contributed by atoms with Crippen LogP contribution in [0.25, 0.3) is 0 Å². The molecule has 7 rings (SSSR count). The number of aromatic nitrogens is 1. The van der Waals surface area contributed by atoms with Crippen LogP contribution in [0.1, 0.15) is 63.0 Å². The Kier molecular flexibility index (Phi) is 11.3. The van der Waals surface area contributed by atoms with E-state index in [0.29, 0.717) is 50.6 Å². The molecule has 3 aliphatic heterocycles. The summed E-state index contributed by atoms with van der Waals surface area (Å²) >= 11 is 13.1. The Labute approximate surface area is 305 Å². The van der Waals surface area contributed by atoms with Gasteiger partial charge in [-0.25, -0.2) is 14.0 Å². The maximum Gasteiger partial charge on any atom is 0.335 e. The molecule has 4 heterocycles. The van der Waals surface area contributed by atoms with Crippen molar-refractivity contribution in [1.82, 2.24) is 10.2 Å². The first-order valence-electron chi connectivity index (χ1n) is 16.6. The minimum absolute atomic E-state index is 0.00750. The molecule has 1 aromatic heterocycles. The molecule has 3 aromatic carbocycles. The van der Waals surface area contributed by atoms with Crippen LogP contribution in [0.15, 0.2) is 73.1 Å². The number of hydrogen-bond donors (Lipinski definition) is 2. The average molecular weight is 739 g/mol. The number of esters is 1. The lowest BCUT2D eigenvalue weighted by Gasteiger charge is -2.44. The van der Waals surface area contributed by atoms with Crippen LogP contribution >= 0.6 is 23.2 Å². The van der Waals surface area contributed by atoms with Crippen molar-refractivity contribution in [1.29, 1.82) is 0 Å². The fourth-order valence-corrected chi connectivity index (χ4v) is 7.85. The number of nitrogens with zero attached hydrogens (tertiary/aromatic N) is 2. The van der Waals surface area contributed by atoms with Crippen molar-refractivity contribution < 1.29 is 38.0 Å². The molecule has 3 aliphatic rings. The molecule has 4 aromatic rings. The van der Waals surface area contributed by atoms with E-state index < -0.39 is 29.7 Å². The molecule has 0 saturated carbocycles. The summed E-state index contributed by atoms with van der Waals surface area (Å²) in [4.78, 5) is 29.1. The summed E-state index contributed by atoms with van der Waals surface area (Å²) in [6, 6.07) is 14.9. The summed E-state index contributed by atoms with van der Waals surface area (Å²) < 4.78 is 32.2. The topological polar surface area (TPSA) is 124 Å². The molecule has 10 nitrogen and oxygen atoms in total. The van der Waals surface area contributed by atoms with E-state index in [9.17, 15) is 24.3 Å². The third kappa shape index (κ3) is 8.07. The molecule has 2 N–H and O–H groups in total. The van der Waals surface area contributed by atoms with Gasteiger partial charge < -0.3 is 24.5 Å². The molecule has 3 atom stereocenters. The van der Waals surface area contributed by atoms with E-state index in [0.717, 1.165) is 25.9 Å². The molecule has 2 unspecified atom stereocenters. The van der Waals surface area contributed by atoms with Gasteiger partial charge in [0, 0.05) is 24.6 Å². The number of aromatic carboxylic acids is 1. The van der Waals surface area contributed by atoms with Crippen LogP contribution in [0.5, 0.6) is 11.5 Å². The zero-order chi connectivity index (χ0) is 36.2. The van der Waals surface area contributed by atoms with E-state index in [4.69, 9.17) is 37.4 Å². The van der Waals surface area contributed by atoms with E-state index >= 15 is 0 Å². The third-order valence-electron chi connectivity index (χ3n) is 9.83. The molecule has 3 saturated heterocycles. The summed E-state index contributed by atoms with van der Waals surface area (Å²) in [5.74, 6) is -1.77. The number of hydrogen-bond acceptors (Lipinski definition) is 8. The largest absolute Gasteiger partial charge is 0.619 e. The molecule has 51 heavy (non-hydrogen) atoms. The molecule has 268 valence electrons. The number of fused-ring (bicyclic) bond motifs is 3. The number of carboxylic acid groups (broad SMARTS) is 1. The summed E-state index contributed by atoms with van der Waals surface area (Å²) in [6.45, 7) is 2.61. The van der Waals surface area contributed by atoms with Crippen molar-refractivity contribution in [2.24, 2.45) is 5.92 Å². The highest BCUT2D eigenvalue weighted by molar-refractivity contribution is 6.35. The number of ether oxygens (including phenoxy) is 3. The van der Waals surface area contributed by atoms with Crippen molar-refractivity contribution in [3.05, 3.63) is 128 Å². The summed E-state index contributed by atoms with van der Waals surface area (Å²) in [6.07, 6.45) is 4.09. The van der Waals surface area contributed by atoms with E-state index in [1.165, 1.54) is 50.9 Å². The van der Waals surface area contributed by atoms with Gasteiger partial charge in [-0.3, -0.25) is 10.2 Å². The molecule has 0 amide bonds. The average Bonchev–Trinajstić information content (AvgIpc) is 3.11. The number of methoxy groups -OCH3 is 2. The van der Waals surface area contributed by atoms with E-state index in [1.807, 2.05) is 0 Å². The van der Waals surface area contributed by atoms with Gasteiger partial charge in [-0.15, -0.1) is 0 Å².